The van der Waals surface area contributed by atoms with Gasteiger partial charge in [-0.1, -0.05) is 0 Å². The van der Waals surface area contributed by atoms with E-state index in [0.29, 0.717) is 0 Å². The lowest BCUT2D eigenvalue weighted by atomic mass is 16.0. The topological polar surface area (TPSA) is 220 Å². The van der Waals surface area contributed by atoms with Gasteiger partial charge in [0.2, 0.25) is 0 Å². The molecule has 14 N–H and O–H groups in total. The van der Waals surface area contributed by atoms with Crippen LogP contribution in [-0.2, 0) is 0 Å². The zero-order valence-corrected chi connectivity index (χ0v) is 15.7. The van der Waals surface area contributed by atoms with Crippen LogP contribution in [0.5, 0.6) is 0 Å². The Bertz CT molecular complexity index is 49.8. The van der Waals surface area contributed by atoms with Crippen LogP contribution in [0.2, 0.25) is 0 Å². The normalized spacial score (nSPS) is 14.1. The first-order valence-corrected chi connectivity index (χ1v) is 15.0. The largest absolute Gasteiger partial charge is 0.412 e. The summed E-state index contributed by atoms with van der Waals surface area (Å²) in [7, 11) is 18.3. The van der Waals surface area contributed by atoms with Gasteiger partial charge in [0.15, 0.2) is 0 Å². The van der Waals surface area contributed by atoms with Crippen LogP contribution >= 0.6 is 98.3 Å². The lowest BCUT2D eigenvalue weighted by Gasteiger charge is -2.00. The van der Waals surface area contributed by atoms with Crippen molar-refractivity contribution in [2.75, 3.05) is 0 Å². The standard InChI is InChI=1S/7H2O.S10/c;;;;;;;1-2-4-6-8-10-9-7-5-3-1/h7*1H2;. The summed E-state index contributed by atoms with van der Waals surface area (Å²) in [6.45, 7) is 0. The van der Waals surface area contributed by atoms with Crippen LogP contribution in [0.1, 0.15) is 0 Å². The van der Waals surface area contributed by atoms with Crippen LogP contribution in [0.4, 0.5) is 0 Å². The van der Waals surface area contributed by atoms with Crippen molar-refractivity contribution in [3.63, 3.8) is 0 Å². The van der Waals surface area contributed by atoms with Gasteiger partial charge in [-0.15, -0.1) is 0 Å². The Balaban J connectivity index is -0.0000000286. The fourth-order valence-corrected chi connectivity index (χ4v) is 27.6. The summed E-state index contributed by atoms with van der Waals surface area (Å²) in [6.07, 6.45) is 0. The molecule has 1 aliphatic heterocycles. The Morgan fingerprint density at radius 3 is 0.294 bits per heavy atom. The van der Waals surface area contributed by atoms with Crippen molar-refractivity contribution in [3.8, 4) is 0 Å². The van der Waals surface area contributed by atoms with E-state index >= 15 is 0 Å². The van der Waals surface area contributed by atoms with Gasteiger partial charge in [0.25, 0.3) is 0 Å². The third kappa shape index (κ3) is 32.6. The maximum absolute atomic E-state index is 1.83. The van der Waals surface area contributed by atoms with Gasteiger partial charge >= 0.3 is 0 Å². The van der Waals surface area contributed by atoms with Crippen LogP contribution in [-0.4, -0.2) is 38.3 Å². The summed E-state index contributed by atoms with van der Waals surface area (Å²) in [4.78, 5) is 0. The molecule has 0 aliphatic carbocycles. The van der Waals surface area contributed by atoms with Crippen molar-refractivity contribution >= 4 is 98.3 Å². The highest BCUT2D eigenvalue weighted by atomic mass is 34.1. The van der Waals surface area contributed by atoms with E-state index in [1.54, 1.807) is 0 Å². The maximum Gasteiger partial charge on any atom is 0 e. The Hall–Kier alpha value is 3.22. The molecular formula is H14O7S10. The second-order valence-corrected chi connectivity index (χ2v) is 18.4. The molecule has 0 aromatic rings. The third-order valence-electron chi connectivity index (χ3n) is 0.278. The summed E-state index contributed by atoms with van der Waals surface area (Å²) >= 11 is 0. The van der Waals surface area contributed by atoms with Gasteiger partial charge in [-0.05, 0) is 0 Å². The summed E-state index contributed by atoms with van der Waals surface area (Å²) in [5, 5.41) is 0. The van der Waals surface area contributed by atoms with E-state index < -0.39 is 0 Å². The lowest BCUT2D eigenvalue weighted by Crippen LogP contribution is -1.35. The van der Waals surface area contributed by atoms with Crippen molar-refractivity contribution in [2.24, 2.45) is 0 Å². The average molecular weight is 447 g/mol. The molecule has 17 heavy (non-hydrogen) atoms. The van der Waals surface area contributed by atoms with Gasteiger partial charge in [0, 0.05) is 98.3 Å². The molecule has 1 aliphatic rings. The summed E-state index contributed by atoms with van der Waals surface area (Å²) in [6, 6.07) is 0. The van der Waals surface area contributed by atoms with E-state index in [1.165, 1.54) is 0 Å². The third-order valence-corrected chi connectivity index (χ3v) is 22.5. The molecule has 1 saturated heterocycles. The van der Waals surface area contributed by atoms with Crippen molar-refractivity contribution in [3.05, 3.63) is 0 Å². The molecule has 0 unspecified atom stereocenters. The molecule has 1 rings (SSSR count). The molecular weight excluding hydrogens is 433 g/mol. The second-order valence-electron chi connectivity index (χ2n) is 0.680. The van der Waals surface area contributed by atoms with Crippen LogP contribution in [0.15, 0.2) is 0 Å². The Labute approximate surface area is 135 Å². The minimum absolute atomic E-state index is 0. The molecule has 0 spiro atoms. The van der Waals surface area contributed by atoms with Crippen LogP contribution in [0, 0.1) is 0 Å². The summed E-state index contributed by atoms with van der Waals surface area (Å²) < 4.78 is 0. The molecule has 0 amide bonds. The minimum atomic E-state index is 0. The molecule has 1 fully saturated rings. The molecule has 0 aromatic heterocycles. The molecule has 0 bridgehead atoms. The van der Waals surface area contributed by atoms with E-state index in [0.717, 1.165) is 0 Å². The summed E-state index contributed by atoms with van der Waals surface area (Å²) in [5.41, 5.74) is 0. The molecule has 0 saturated carbocycles. The molecule has 0 aromatic carbocycles. The SMILES string of the molecule is O.O.O.O.O.O.O.S1SSSSSSSSS1. The molecule has 0 atom stereocenters. The van der Waals surface area contributed by atoms with Gasteiger partial charge in [0.1, 0.15) is 0 Å². The van der Waals surface area contributed by atoms with Crippen molar-refractivity contribution in [2.45, 2.75) is 0 Å². The van der Waals surface area contributed by atoms with Crippen LogP contribution in [0.25, 0.3) is 0 Å². The Kier molecular flexibility index (Phi) is 91.8. The van der Waals surface area contributed by atoms with Crippen molar-refractivity contribution in [1.29, 1.82) is 0 Å². The minimum Gasteiger partial charge on any atom is -0.412 e. The smallest absolute Gasteiger partial charge is 0 e. The lowest BCUT2D eigenvalue weighted by molar-refractivity contribution is 0.823. The maximum atomic E-state index is 1.83. The Morgan fingerprint density at radius 2 is 0.235 bits per heavy atom. The molecule has 1 heterocycles. The van der Waals surface area contributed by atoms with E-state index in [4.69, 9.17) is 0 Å². The van der Waals surface area contributed by atoms with Gasteiger partial charge in [-0.25, -0.2) is 0 Å². The summed E-state index contributed by atoms with van der Waals surface area (Å²) in [5.74, 6) is 0. The first-order chi connectivity index (χ1) is 5.00. The van der Waals surface area contributed by atoms with Gasteiger partial charge in [0.05, 0.1) is 0 Å². The average Bonchev–Trinajstić information content (AvgIpc) is 2.01. The zero-order valence-electron chi connectivity index (χ0n) is 7.58. The molecule has 0 radical (unpaired) electrons. The number of hydrogen-bond acceptors (Lipinski definition) is 10. The van der Waals surface area contributed by atoms with Gasteiger partial charge < -0.3 is 38.3 Å². The number of hydrogen-bond donors (Lipinski definition) is 0. The van der Waals surface area contributed by atoms with E-state index in [1.807, 2.05) is 98.3 Å². The molecule has 17 heteroatoms. The quantitative estimate of drug-likeness (QED) is 0.473. The van der Waals surface area contributed by atoms with Crippen molar-refractivity contribution < 1.29 is 38.3 Å². The predicted octanol–water partition coefficient (Wildman–Crippen LogP) is 0.709. The highest BCUT2D eigenvalue weighted by Crippen LogP contribution is 2.66. The van der Waals surface area contributed by atoms with E-state index in [2.05, 4.69) is 0 Å². The van der Waals surface area contributed by atoms with E-state index in [-0.39, 0.29) is 38.3 Å². The first kappa shape index (κ1) is 42.7. The van der Waals surface area contributed by atoms with E-state index in [9.17, 15) is 0 Å². The predicted molar refractivity (Wildman–Crippen MR) is 101 cm³/mol. The first-order valence-electron chi connectivity index (χ1n) is 1.67. The number of rotatable bonds is 0. The fraction of sp³-hybridized carbons (Fsp3) is 0. The molecule has 7 nitrogen and oxygen atoms in total. The van der Waals surface area contributed by atoms with Crippen LogP contribution in [0.3, 0.4) is 0 Å². The monoisotopic (exact) mass is 446 g/mol. The highest BCUT2D eigenvalue weighted by molar-refractivity contribution is 9.60. The molecule has 116 valence electrons. The Morgan fingerprint density at radius 1 is 0.176 bits per heavy atom. The van der Waals surface area contributed by atoms with Gasteiger partial charge in [-0.3, -0.25) is 0 Å². The fourth-order valence-electron chi connectivity index (χ4n) is 0.113. The zero-order chi connectivity index (χ0) is 7.07. The van der Waals surface area contributed by atoms with Crippen molar-refractivity contribution in [1.82, 2.24) is 0 Å². The van der Waals surface area contributed by atoms with Crippen LogP contribution < -0.4 is 0 Å². The highest BCUT2D eigenvalue weighted by Gasteiger charge is 2.01. The second kappa shape index (κ2) is 36.5. The van der Waals surface area contributed by atoms with Gasteiger partial charge in [-0.2, -0.15) is 0 Å².